The molecule has 0 radical (unpaired) electrons. The number of aliphatic hydroxyl groups excluding tert-OH is 1. The number of hydrogen-bond donors (Lipinski definition) is 2. The van der Waals surface area contributed by atoms with Gasteiger partial charge in [-0.25, -0.2) is 8.78 Å². The fourth-order valence-corrected chi connectivity index (χ4v) is 1.09. The summed E-state index contributed by atoms with van der Waals surface area (Å²) in [6, 6.07) is 2.61. The van der Waals surface area contributed by atoms with Crippen LogP contribution in [0.15, 0.2) is 18.2 Å². The van der Waals surface area contributed by atoms with Crippen LogP contribution in [-0.4, -0.2) is 11.7 Å². The molecule has 0 heterocycles. The second kappa shape index (κ2) is 4.30. The van der Waals surface area contributed by atoms with Crippen LogP contribution in [-0.2, 0) is 0 Å². The van der Waals surface area contributed by atoms with Crippen LogP contribution < -0.4 is 5.73 Å². The van der Waals surface area contributed by atoms with Crippen LogP contribution in [0.1, 0.15) is 18.0 Å². The predicted octanol–water partition coefficient (Wildman–Crippen LogP) is 1.35. The summed E-state index contributed by atoms with van der Waals surface area (Å²) >= 11 is 0. The summed E-state index contributed by atoms with van der Waals surface area (Å²) in [7, 11) is 0. The van der Waals surface area contributed by atoms with Gasteiger partial charge in [-0.3, -0.25) is 0 Å². The van der Waals surface area contributed by atoms with E-state index in [0.717, 1.165) is 6.07 Å². The van der Waals surface area contributed by atoms with Crippen molar-refractivity contribution < 1.29 is 13.9 Å². The molecule has 0 aliphatic rings. The fourth-order valence-electron chi connectivity index (χ4n) is 1.09. The molecule has 0 saturated heterocycles. The average molecular weight is 187 g/mol. The van der Waals surface area contributed by atoms with E-state index in [0.29, 0.717) is 12.0 Å². The van der Waals surface area contributed by atoms with Gasteiger partial charge in [0, 0.05) is 18.7 Å². The first-order valence-electron chi connectivity index (χ1n) is 3.96. The number of nitrogens with two attached hydrogens (primary N) is 1. The van der Waals surface area contributed by atoms with Crippen molar-refractivity contribution in [1.29, 1.82) is 0 Å². The molecule has 4 heteroatoms. The third kappa shape index (κ3) is 2.75. The van der Waals surface area contributed by atoms with E-state index in [4.69, 9.17) is 10.8 Å². The molecule has 2 nitrogen and oxygen atoms in total. The zero-order valence-corrected chi connectivity index (χ0v) is 7.00. The van der Waals surface area contributed by atoms with Crippen LogP contribution in [0.2, 0.25) is 0 Å². The van der Waals surface area contributed by atoms with E-state index in [1.54, 1.807) is 0 Å². The lowest BCUT2D eigenvalue weighted by Gasteiger charge is -2.10. The summed E-state index contributed by atoms with van der Waals surface area (Å²) in [4.78, 5) is 0. The molecular weight excluding hydrogens is 176 g/mol. The van der Waals surface area contributed by atoms with Crippen molar-refractivity contribution in [1.82, 2.24) is 0 Å². The highest BCUT2D eigenvalue weighted by Gasteiger charge is 2.07. The van der Waals surface area contributed by atoms with Gasteiger partial charge in [-0.05, 0) is 24.1 Å². The quantitative estimate of drug-likeness (QED) is 0.750. The average Bonchev–Trinajstić information content (AvgIpc) is 2.03. The Morgan fingerprint density at radius 3 is 2.23 bits per heavy atom. The molecule has 0 saturated carbocycles. The van der Waals surface area contributed by atoms with Crippen LogP contribution in [0.3, 0.4) is 0 Å². The Hall–Kier alpha value is -1.00. The molecule has 0 fully saturated rings. The van der Waals surface area contributed by atoms with E-state index >= 15 is 0 Å². The Bertz CT molecular complexity index is 271. The standard InChI is InChI=1S/C9H11F2NO/c10-7-3-6(4-8(11)5-7)9(12)1-2-13/h3-5,9,13H,1-2,12H2/t9-/m0/s1. The van der Waals surface area contributed by atoms with Crippen molar-refractivity contribution in [3.8, 4) is 0 Å². The highest BCUT2D eigenvalue weighted by atomic mass is 19.1. The van der Waals surface area contributed by atoms with E-state index in [9.17, 15) is 8.78 Å². The first kappa shape index (κ1) is 10.1. The molecule has 0 spiro atoms. The van der Waals surface area contributed by atoms with Crippen LogP contribution in [0, 0.1) is 11.6 Å². The molecule has 0 amide bonds. The molecule has 3 N–H and O–H groups in total. The summed E-state index contributed by atoms with van der Waals surface area (Å²) in [6.07, 6.45) is 0.295. The third-order valence-corrected chi connectivity index (χ3v) is 1.75. The Balaban J connectivity index is 2.87. The van der Waals surface area contributed by atoms with Crippen molar-refractivity contribution >= 4 is 0 Å². The molecule has 0 aliphatic carbocycles. The Morgan fingerprint density at radius 1 is 1.23 bits per heavy atom. The summed E-state index contributed by atoms with van der Waals surface area (Å²) in [6.45, 7) is -0.0979. The van der Waals surface area contributed by atoms with Gasteiger partial charge >= 0.3 is 0 Å². The smallest absolute Gasteiger partial charge is 0.126 e. The van der Waals surface area contributed by atoms with E-state index in [-0.39, 0.29) is 6.61 Å². The maximum absolute atomic E-state index is 12.7. The second-order valence-corrected chi connectivity index (χ2v) is 2.82. The molecule has 0 aliphatic heterocycles. The lowest BCUT2D eigenvalue weighted by atomic mass is 10.1. The van der Waals surface area contributed by atoms with E-state index in [2.05, 4.69) is 0 Å². The Kier molecular flexibility index (Phi) is 3.33. The number of benzene rings is 1. The summed E-state index contributed by atoms with van der Waals surface area (Å²) in [5.41, 5.74) is 5.92. The molecule has 0 unspecified atom stereocenters. The van der Waals surface area contributed by atoms with Gasteiger partial charge in [0.25, 0.3) is 0 Å². The number of aliphatic hydroxyl groups is 1. The van der Waals surface area contributed by atoms with Gasteiger partial charge in [-0.1, -0.05) is 0 Å². The lowest BCUT2D eigenvalue weighted by Crippen LogP contribution is -2.12. The van der Waals surface area contributed by atoms with Crippen LogP contribution in [0.4, 0.5) is 8.78 Å². The molecule has 0 bridgehead atoms. The Morgan fingerprint density at radius 2 is 1.77 bits per heavy atom. The fraction of sp³-hybridized carbons (Fsp3) is 0.333. The minimum absolute atomic E-state index is 0.0979. The van der Waals surface area contributed by atoms with Crippen LogP contribution in [0.25, 0.3) is 0 Å². The molecule has 1 aromatic rings. The maximum Gasteiger partial charge on any atom is 0.126 e. The van der Waals surface area contributed by atoms with Crippen molar-refractivity contribution in [2.75, 3.05) is 6.61 Å². The molecule has 0 aromatic heterocycles. The van der Waals surface area contributed by atoms with Crippen LogP contribution in [0.5, 0.6) is 0 Å². The van der Waals surface area contributed by atoms with Crippen molar-refractivity contribution in [3.05, 3.63) is 35.4 Å². The first-order chi connectivity index (χ1) is 6.13. The molecule has 1 rings (SSSR count). The molecular formula is C9H11F2NO. The molecule has 1 atom stereocenters. The van der Waals surface area contributed by atoms with Gasteiger partial charge in [0.1, 0.15) is 11.6 Å². The maximum atomic E-state index is 12.7. The minimum Gasteiger partial charge on any atom is -0.396 e. The summed E-state index contributed by atoms with van der Waals surface area (Å²) in [5.74, 6) is -1.30. The van der Waals surface area contributed by atoms with E-state index < -0.39 is 17.7 Å². The highest BCUT2D eigenvalue weighted by Crippen LogP contribution is 2.16. The first-order valence-corrected chi connectivity index (χ1v) is 3.96. The topological polar surface area (TPSA) is 46.2 Å². The zero-order valence-electron chi connectivity index (χ0n) is 7.00. The van der Waals surface area contributed by atoms with Gasteiger partial charge in [0.15, 0.2) is 0 Å². The van der Waals surface area contributed by atoms with Gasteiger partial charge in [-0.2, -0.15) is 0 Å². The molecule has 72 valence electrons. The monoisotopic (exact) mass is 187 g/mol. The molecule has 13 heavy (non-hydrogen) atoms. The van der Waals surface area contributed by atoms with E-state index in [1.807, 2.05) is 0 Å². The normalized spacial score (nSPS) is 12.9. The number of rotatable bonds is 3. The Labute approximate surface area is 75.0 Å². The van der Waals surface area contributed by atoms with Crippen molar-refractivity contribution in [2.24, 2.45) is 5.73 Å². The second-order valence-electron chi connectivity index (χ2n) is 2.82. The third-order valence-electron chi connectivity index (χ3n) is 1.75. The number of halogens is 2. The van der Waals surface area contributed by atoms with Gasteiger partial charge < -0.3 is 10.8 Å². The van der Waals surface area contributed by atoms with Gasteiger partial charge in [-0.15, -0.1) is 0 Å². The largest absolute Gasteiger partial charge is 0.396 e. The SMILES string of the molecule is N[C@@H](CCO)c1cc(F)cc(F)c1. The zero-order chi connectivity index (χ0) is 9.84. The molecule has 1 aromatic carbocycles. The number of hydrogen-bond acceptors (Lipinski definition) is 2. The van der Waals surface area contributed by atoms with Gasteiger partial charge in [0.05, 0.1) is 0 Å². The van der Waals surface area contributed by atoms with Crippen molar-refractivity contribution in [2.45, 2.75) is 12.5 Å². The highest BCUT2D eigenvalue weighted by molar-refractivity contribution is 5.20. The predicted molar refractivity (Wildman–Crippen MR) is 45.0 cm³/mol. The lowest BCUT2D eigenvalue weighted by molar-refractivity contribution is 0.276. The van der Waals surface area contributed by atoms with Crippen molar-refractivity contribution in [3.63, 3.8) is 0 Å². The van der Waals surface area contributed by atoms with Crippen LogP contribution >= 0.6 is 0 Å². The van der Waals surface area contributed by atoms with Gasteiger partial charge in [0.2, 0.25) is 0 Å². The van der Waals surface area contributed by atoms with E-state index in [1.165, 1.54) is 12.1 Å². The minimum atomic E-state index is -0.650. The summed E-state index contributed by atoms with van der Waals surface area (Å²) in [5, 5.41) is 8.57. The summed E-state index contributed by atoms with van der Waals surface area (Å²) < 4.78 is 25.3.